The molecule has 0 aliphatic carbocycles. The Morgan fingerprint density at radius 1 is 0.938 bits per heavy atom. The van der Waals surface area contributed by atoms with Crippen molar-refractivity contribution in [3.05, 3.63) is 54.1 Å². The van der Waals surface area contributed by atoms with Gasteiger partial charge in [0.15, 0.2) is 17.8 Å². The lowest BCUT2D eigenvalue weighted by Crippen LogP contribution is -1.89. The van der Waals surface area contributed by atoms with Crippen molar-refractivity contribution >= 4 is 6.29 Å². The third kappa shape index (κ3) is 2.03. The van der Waals surface area contributed by atoms with Crippen LogP contribution >= 0.6 is 0 Å². The van der Waals surface area contributed by atoms with Gasteiger partial charge in [0.1, 0.15) is 5.75 Å². The number of hydrogen-bond donors (Lipinski definition) is 1. The van der Waals surface area contributed by atoms with E-state index < -0.39 is 0 Å². The number of ether oxygens (including phenoxy) is 1. The van der Waals surface area contributed by atoms with Crippen molar-refractivity contribution < 1.29 is 14.6 Å². The Morgan fingerprint density at radius 3 is 2.25 bits per heavy atom. The number of benzene rings is 2. The van der Waals surface area contributed by atoms with Crippen molar-refractivity contribution in [2.24, 2.45) is 0 Å². The molecule has 0 saturated carbocycles. The lowest BCUT2D eigenvalue weighted by atomic mass is 10.2. The number of carbonyl (C=O) groups excluding carboxylic acids is 1. The number of phenolic OH excluding ortho intramolecular Hbond substituents is 1. The van der Waals surface area contributed by atoms with Gasteiger partial charge in [-0.3, -0.25) is 4.79 Å². The molecule has 0 atom stereocenters. The van der Waals surface area contributed by atoms with Crippen molar-refractivity contribution in [3.63, 3.8) is 0 Å². The molecular weight excluding hydrogens is 204 g/mol. The van der Waals surface area contributed by atoms with Gasteiger partial charge >= 0.3 is 0 Å². The van der Waals surface area contributed by atoms with Gasteiger partial charge in [-0.1, -0.05) is 24.3 Å². The Morgan fingerprint density at radius 2 is 1.56 bits per heavy atom. The molecule has 0 amide bonds. The molecule has 0 bridgehead atoms. The van der Waals surface area contributed by atoms with Crippen LogP contribution in [0.25, 0.3) is 0 Å². The molecule has 1 N–H and O–H groups in total. The first-order valence-corrected chi connectivity index (χ1v) is 4.81. The van der Waals surface area contributed by atoms with Crippen LogP contribution in [-0.2, 0) is 0 Å². The lowest BCUT2D eigenvalue weighted by Gasteiger charge is -2.08. The van der Waals surface area contributed by atoms with Gasteiger partial charge in [-0.05, 0) is 24.3 Å². The van der Waals surface area contributed by atoms with Crippen LogP contribution in [0.1, 0.15) is 10.4 Å². The highest BCUT2D eigenvalue weighted by atomic mass is 16.5. The summed E-state index contributed by atoms with van der Waals surface area (Å²) in [5.74, 6) is 0.805. The van der Waals surface area contributed by atoms with Gasteiger partial charge < -0.3 is 9.84 Å². The van der Waals surface area contributed by atoms with Crippen LogP contribution in [-0.4, -0.2) is 11.4 Å². The molecular formula is C13H10O3. The minimum Gasteiger partial charge on any atom is -0.504 e. The quantitative estimate of drug-likeness (QED) is 0.799. The maximum absolute atomic E-state index is 10.8. The maximum Gasteiger partial charge on any atom is 0.169 e. The standard InChI is InChI=1S/C13H10O3/c14-9-10-5-1-3-7-12(10)16-13-8-4-2-6-11(13)15/h1-9,15H. The van der Waals surface area contributed by atoms with Gasteiger partial charge in [0.25, 0.3) is 0 Å². The molecule has 0 aliphatic rings. The van der Waals surface area contributed by atoms with E-state index in [0.717, 1.165) is 6.29 Å². The third-order valence-corrected chi connectivity index (χ3v) is 2.13. The number of aromatic hydroxyl groups is 1. The topological polar surface area (TPSA) is 46.5 Å². The van der Waals surface area contributed by atoms with Crippen LogP contribution in [0.3, 0.4) is 0 Å². The fraction of sp³-hybridized carbons (Fsp3) is 0. The SMILES string of the molecule is O=Cc1ccccc1Oc1ccccc1O. The highest BCUT2D eigenvalue weighted by molar-refractivity contribution is 5.79. The summed E-state index contributed by atoms with van der Waals surface area (Å²) >= 11 is 0. The fourth-order valence-corrected chi connectivity index (χ4v) is 1.33. The molecule has 0 radical (unpaired) electrons. The van der Waals surface area contributed by atoms with E-state index in [2.05, 4.69) is 0 Å². The second kappa shape index (κ2) is 4.49. The smallest absolute Gasteiger partial charge is 0.169 e. The molecule has 2 aromatic carbocycles. The molecule has 2 aromatic rings. The van der Waals surface area contributed by atoms with Crippen molar-refractivity contribution in [1.29, 1.82) is 0 Å². The summed E-state index contributed by atoms with van der Waals surface area (Å²) in [6.45, 7) is 0. The number of rotatable bonds is 3. The molecule has 80 valence electrons. The average Bonchev–Trinajstić information content (AvgIpc) is 2.33. The predicted molar refractivity (Wildman–Crippen MR) is 60.0 cm³/mol. The van der Waals surface area contributed by atoms with E-state index in [9.17, 15) is 9.90 Å². The van der Waals surface area contributed by atoms with E-state index in [4.69, 9.17) is 4.74 Å². The van der Waals surface area contributed by atoms with Crippen molar-refractivity contribution in [2.75, 3.05) is 0 Å². The minimum absolute atomic E-state index is 0.0446. The van der Waals surface area contributed by atoms with E-state index >= 15 is 0 Å². The Labute approximate surface area is 92.9 Å². The van der Waals surface area contributed by atoms with Crippen molar-refractivity contribution in [3.8, 4) is 17.2 Å². The van der Waals surface area contributed by atoms with E-state index in [-0.39, 0.29) is 5.75 Å². The summed E-state index contributed by atoms with van der Waals surface area (Å²) in [4.78, 5) is 10.8. The summed E-state index contributed by atoms with van der Waals surface area (Å²) in [5.41, 5.74) is 0.450. The van der Waals surface area contributed by atoms with E-state index in [1.165, 1.54) is 6.07 Å². The van der Waals surface area contributed by atoms with Crippen LogP contribution in [0.4, 0.5) is 0 Å². The zero-order valence-electron chi connectivity index (χ0n) is 8.46. The Kier molecular flexibility index (Phi) is 2.87. The van der Waals surface area contributed by atoms with Gasteiger partial charge in [-0.25, -0.2) is 0 Å². The second-order valence-electron chi connectivity index (χ2n) is 3.23. The highest BCUT2D eigenvalue weighted by Gasteiger charge is 2.05. The van der Waals surface area contributed by atoms with Crippen LogP contribution < -0.4 is 4.74 Å². The summed E-state index contributed by atoms with van der Waals surface area (Å²) in [6.07, 6.45) is 0.718. The van der Waals surface area contributed by atoms with Crippen LogP contribution in [0.15, 0.2) is 48.5 Å². The Bertz CT molecular complexity index is 506. The van der Waals surface area contributed by atoms with Gasteiger partial charge in [0, 0.05) is 0 Å². The first-order valence-electron chi connectivity index (χ1n) is 4.81. The molecule has 2 rings (SSSR count). The van der Waals surface area contributed by atoms with Gasteiger partial charge in [-0.15, -0.1) is 0 Å². The Balaban J connectivity index is 2.34. The van der Waals surface area contributed by atoms with E-state index in [0.29, 0.717) is 17.1 Å². The van der Waals surface area contributed by atoms with E-state index in [1.54, 1.807) is 42.5 Å². The molecule has 0 unspecified atom stereocenters. The first kappa shape index (κ1) is 10.2. The zero-order chi connectivity index (χ0) is 11.4. The summed E-state index contributed by atoms with van der Waals surface area (Å²) in [7, 11) is 0. The number of phenols is 1. The normalized spacial score (nSPS) is 9.75. The van der Waals surface area contributed by atoms with Crippen LogP contribution in [0, 0.1) is 0 Å². The van der Waals surface area contributed by atoms with Crippen LogP contribution in [0.5, 0.6) is 17.2 Å². The molecule has 3 nitrogen and oxygen atoms in total. The van der Waals surface area contributed by atoms with E-state index in [1.807, 2.05) is 0 Å². The summed E-state index contributed by atoms with van der Waals surface area (Å²) < 4.78 is 5.45. The fourth-order valence-electron chi connectivity index (χ4n) is 1.33. The summed E-state index contributed by atoms with van der Waals surface area (Å²) in [6, 6.07) is 13.5. The van der Waals surface area contributed by atoms with Gasteiger partial charge in [-0.2, -0.15) is 0 Å². The molecule has 0 aliphatic heterocycles. The molecule has 0 fully saturated rings. The second-order valence-corrected chi connectivity index (χ2v) is 3.23. The number of hydrogen-bond acceptors (Lipinski definition) is 3. The lowest BCUT2D eigenvalue weighted by molar-refractivity contribution is 0.112. The number of para-hydroxylation sites is 3. The third-order valence-electron chi connectivity index (χ3n) is 2.13. The highest BCUT2D eigenvalue weighted by Crippen LogP contribution is 2.31. The number of carbonyl (C=O) groups is 1. The van der Waals surface area contributed by atoms with Gasteiger partial charge in [0.05, 0.1) is 5.56 Å². The molecule has 16 heavy (non-hydrogen) atoms. The van der Waals surface area contributed by atoms with Crippen molar-refractivity contribution in [2.45, 2.75) is 0 Å². The largest absolute Gasteiger partial charge is 0.504 e. The average molecular weight is 214 g/mol. The van der Waals surface area contributed by atoms with Crippen molar-refractivity contribution in [1.82, 2.24) is 0 Å². The molecule has 0 heterocycles. The van der Waals surface area contributed by atoms with Gasteiger partial charge in [0.2, 0.25) is 0 Å². The first-order chi connectivity index (χ1) is 7.81. The number of aldehydes is 1. The monoisotopic (exact) mass is 214 g/mol. The van der Waals surface area contributed by atoms with Crippen LogP contribution in [0.2, 0.25) is 0 Å². The zero-order valence-corrected chi connectivity index (χ0v) is 8.46. The molecule has 0 aromatic heterocycles. The molecule has 3 heteroatoms. The molecule has 0 saturated heterocycles. The molecule has 0 spiro atoms. The minimum atomic E-state index is 0.0446. The maximum atomic E-state index is 10.8. The predicted octanol–water partition coefficient (Wildman–Crippen LogP) is 3.00. The Hall–Kier alpha value is -2.29. The summed E-state index contributed by atoms with van der Waals surface area (Å²) in [5, 5.41) is 9.52.